The molecule has 0 spiro atoms. The van der Waals surface area contributed by atoms with Gasteiger partial charge < -0.3 is 34.0 Å². The molecule has 0 saturated carbocycles. The van der Waals surface area contributed by atoms with Gasteiger partial charge in [-0.15, -0.1) is 0 Å². The topological polar surface area (TPSA) is 142 Å². The second kappa shape index (κ2) is 13.2. The molecule has 2 aromatic heterocycles. The minimum atomic E-state index is -2.83. The molecule has 3 saturated heterocycles. The van der Waals surface area contributed by atoms with Crippen LogP contribution in [0.5, 0.6) is 11.8 Å². The molecule has 0 radical (unpaired) electrons. The zero-order chi connectivity index (χ0) is 35.5. The highest BCUT2D eigenvalue weighted by molar-refractivity contribution is 7.39. The van der Waals surface area contributed by atoms with E-state index in [0.717, 1.165) is 38.8 Å². The fraction of sp³-hybridized carbons (Fsp3) is 0.486. The summed E-state index contributed by atoms with van der Waals surface area (Å²) in [5.74, 6) is -1.23. The first-order valence-electron chi connectivity index (χ1n) is 17.2. The van der Waals surface area contributed by atoms with Crippen LogP contribution in [0.25, 0.3) is 32.9 Å². The first-order valence-corrected chi connectivity index (χ1v) is 18.4. The number of ether oxygens (including phenoxy) is 2. The van der Waals surface area contributed by atoms with Gasteiger partial charge in [0.05, 0.1) is 29.6 Å². The first-order chi connectivity index (χ1) is 24.5. The highest BCUT2D eigenvalue weighted by Gasteiger charge is 2.45. The SMILES string of the molecule is CC12CC(F)CN(C1)c1nc(OCC34CCCN3CCC4)nc3c(F)c(ncc13)-c1cc(OP(O)O)cc3ccc(F)c(c13)CCCOC(=O)N2. The van der Waals surface area contributed by atoms with Gasteiger partial charge in [-0.3, -0.25) is 9.88 Å². The summed E-state index contributed by atoms with van der Waals surface area (Å²) in [4.78, 5) is 50.2. The first kappa shape index (κ1) is 34.1. The van der Waals surface area contributed by atoms with Crippen LogP contribution in [0.3, 0.4) is 0 Å². The molecule has 2 unspecified atom stereocenters. The molecule has 2 atom stereocenters. The third kappa shape index (κ3) is 6.38. The third-order valence-corrected chi connectivity index (χ3v) is 11.0. The van der Waals surface area contributed by atoms with Crippen molar-refractivity contribution in [2.75, 3.05) is 44.3 Å². The highest BCUT2D eigenvalue weighted by Crippen LogP contribution is 2.43. The number of nitrogens with one attached hydrogen (secondary N) is 1. The Labute approximate surface area is 292 Å². The van der Waals surface area contributed by atoms with Crippen molar-refractivity contribution in [1.82, 2.24) is 25.2 Å². The van der Waals surface area contributed by atoms with Crippen LogP contribution in [0.4, 0.5) is 23.8 Å². The van der Waals surface area contributed by atoms with Crippen LogP contribution in [0, 0.1) is 11.6 Å². The van der Waals surface area contributed by atoms with Crippen LogP contribution >= 0.6 is 8.60 Å². The number of amides is 1. The molecule has 3 fully saturated rings. The number of rotatable bonds is 5. The van der Waals surface area contributed by atoms with Crippen molar-refractivity contribution in [1.29, 1.82) is 0 Å². The Morgan fingerprint density at radius 1 is 1.14 bits per heavy atom. The number of alkyl halides is 1. The average Bonchev–Trinajstić information content (AvgIpc) is 3.66. The summed E-state index contributed by atoms with van der Waals surface area (Å²) in [5, 5.41) is 3.75. The number of piperidine rings is 1. The molecule has 4 aromatic rings. The highest BCUT2D eigenvalue weighted by atomic mass is 31.2. The second-order valence-corrected chi connectivity index (χ2v) is 15.0. The Morgan fingerprint density at radius 2 is 1.94 bits per heavy atom. The van der Waals surface area contributed by atoms with E-state index in [2.05, 4.69) is 20.2 Å². The van der Waals surface area contributed by atoms with Gasteiger partial charge >= 0.3 is 20.7 Å². The van der Waals surface area contributed by atoms with Gasteiger partial charge in [0.1, 0.15) is 41.4 Å². The lowest BCUT2D eigenvalue weighted by Crippen LogP contribution is -2.60. The maximum Gasteiger partial charge on any atom is 0.407 e. The summed E-state index contributed by atoms with van der Waals surface area (Å²) >= 11 is 0. The van der Waals surface area contributed by atoms with Crippen LogP contribution in [-0.2, 0) is 11.2 Å². The molecule has 6 bridgehead atoms. The minimum Gasteiger partial charge on any atom is -0.461 e. The number of alkyl carbamates (subject to hydrolysis) is 1. The molecular weight excluding hydrogens is 688 g/mol. The monoisotopic (exact) mass is 726 g/mol. The van der Waals surface area contributed by atoms with Gasteiger partial charge in [-0.05, 0) is 93.1 Å². The van der Waals surface area contributed by atoms with Crippen molar-refractivity contribution in [2.24, 2.45) is 0 Å². The van der Waals surface area contributed by atoms with Crippen molar-refractivity contribution in [3.8, 4) is 23.0 Å². The van der Waals surface area contributed by atoms with Crippen LogP contribution in [0.2, 0.25) is 0 Å². The predicted octanol–water partition coefficient (Wildman–Crippen LogP) is 5.70. The lowest BCUT2D eigenvalue weighted by atomic mass is 9.90. The van der Waals surface area contributed by atoms with Gasteiger partial charge in [-0.2, -0.15) is 9.97 Å². The smallest absolute Gasteiger partial charge is 0.407 e. The van der Waals surface area contributed by atoms with Crippen molar-refractivity contribution in [3.05, 3.63) is 47.7 Å². The zero-order valence-electron chi connectivity index (χ0n) is 28.0. The van der Waals surface area contributed by atoms with E-state index in [0.29, 0.717) is 17.4 Å². The van der Waals surface area contributed by atoms with E-state index in [1.165, 1.54) is 30.5 Å². The fourth-order valence-electron chi connectivity index (χ4n) is 8.53. The average molecular weight is 727 g/mol. The Hall–Kier alpha value is -4.04. The van der Waals surface area contributed by atoms with E-state index in [4.69, 9.17) is 19.0 Å². The molecule has 1 amide bonds. The zero-order valence-corrected chi connectivity index (χ0v) is 28.9. The van der Waals surface area contributed by atoms with Gasteiger partial charge in [0.25, 0.3) is 0 Å². The van der Waals surface area contributed by atoms with Crippen molar-refractivity contribution in [3.63, 3.8) is 0 Å². The van der Waals surface area contributed by atoms with Gasteiger partial charge in [-0.25, -0.2) is 18.0 Å². The number of anilines is 1. The van der Waals surface area contributed by atoms with E-state index in [1.807, 2.05) is 0 Å². The number of carbonyl (C=O) groups excluding carboxylic acids is 1. The summed E-state index contributed by atoms with van der Waals surface area (Å²) < 4.78 is 65.3. The molecule has 12 nitrogen and oxygen atoms in total. The largest absolute Gasteiger partial charge is 0.461 e. The molecule has 16 heteroatoms. The van der Waals surface area contributed by atoms with Gasteiger partial charge in [0.15, 0.2) is 5.82 Å². The third-order valence-electron chi connectivity index (χ3n) is 10.6. The van der Waals surface area contributed by atoms with E-state index < -0.39 is 38.0 Å². The molecule has 9 rings (SSSR count). The van der Waals surface area contributed by atoms with Crippen molar-refractivity contribution >= 4 is 42.2 Å². The molecule has 7 heterocycles. The number of carbonyl (C=O) groups is 1. The number of nitrogens with zero attached hydrogens (tertiary/aromatic N) is 5. The summed E-state index contributed by atoms with van der Waals surface area (Å²) in [6.07, 6.45) is 3.61. The molecule has 0 aliphatic carbocycles. The minimum absolute atomic E-state index is 0.00397. The van der Waals surface area contributed by atoms with Crippen LogP contribution in [-0.4, -0.2) is 92.4 Å². The Morgan fingerprint density at radius 3 is 2.73 bits per heavy atom. The number of halogens is 3. The van der Waals surface area contributed by atoms with E-state index in [9.17, 15) is 14.6 Å². The second-order valence-electron chi connectivity index (χ2n) is 14.3. The van der Waals surface area contributed by atoms with E-state index >= 15 is 13.2 Å². The molecule has 270 valence electrons. The standard InChI is InChI=1S/C35H38F3N6O6P/c1-34-15-21(36)17-43(18-34)31-25-16-39-29(28(38)30(25)40-32(41-31)49-19-35-8-3-10-44(35)11-4-9-35)24-14-22(50-51(46)47)13-20-6-7-26(37)23(27(20)24)5-2-12-48-33(45)42-34/h6-7,13-14,16,21,46-47H,2-5,8-12,15,17-19H2,1H3,(H,42,45). The summed E-state index contributed by atoms with van der Waals surface area (Å²) in [7, 11) is -2.83. The van der Waals surface area contributed by atoms with Crippen LogP contribution < -0.4 is 19.5 Å². The fourth-order valence-corrected chi connectivity index (χ4v) is 8.83. The molecule has 3 N–H and O–H groups in total. The number of aryl methyl sites for hydroxylation is 1. The van der Waals surface area contributed by atoms with Crippen LogP contribution in [0.1, 0.15) is 51.0 Å². The summed E-state index contributed by atoms with van der Waals surface area (Å²) in [5.41, 5.74) is -1.24. The molecule has 5 aliphatic heterocycles. The Balaban J connectivity index is 1.34. The molecule has 2 aromatic carbocycles. The normalized spacial score (nSPS) is 23.5. The van der Waals surface area contributed by atoms with Crippen molar-refractivity contribution in [2.45, 2.75) is 69.1 Å². The predicted molar refractivity (Wildman–Crippen MR) is 183 cm³/mol. The van der Waals surface area contributed by atoms with Crippen molar-refractivity contribution < 1.29 is 41.8 Å². The summed E-state index contributed by atoms with van der Waals surface area (Å²) in [6, 6.07) is 5.52. The van der Waals surface area contributed by atoms with Gasteiger partial charge in [-0.1, -0.05) is 6.07 Å². The molecular formula is C35H38F3N6O6P. The number of hydrogen-bond donors (Lipinski definition) is 3. The lowest BCUT2D eigenvalue weighted by molar-refractivity contribution is 0.107. The Kier molecular flexibility index (Phi) is 8.80. The maximum absolute atomic E-state index is 17.2. The van der Waals surface area contributed by atoms with E-state index in [-0.39, 0.29) is 89.8 Å². The number of hydrogen-bond acceptors (Lipinski definition) is 11. The molecule has 51 heavy (non-hydrogen) atoms. The van der Waals surface area contributed by atoms with E-state index in [1.54, 1.807) is 11.8 Å². The number of pyridine rings is 1. The quantitative estimate of drug-likeness (QED) is 0.218. The number of benzene rings is 2. The maximum atomic E-state index is 17.2. The van der Waals surface area contributed by atoms with Crippen LogP contribution in [0.15, 0.2) is 30.5 Å². The molecule has 5 aliphatic rings. The summed E-state index contributed by atoms with van der Waals surface area (Å²) in [6.45, 7) is 3.93. The lowest BCUT2D eigenvalue weighted by Gasteiger charge is -2.42. The number of aromatic nitrogens is 3. The van der Waals surface area contributed by atoms with Gasteiger partial charge in [0.2, 0.25) is 0 Å². The number of fused-ring (bicyclic) bond motifs is 7. The van der Waals surface area contributed by atoms with Gasteiger partial charge in [0, 0.05) is 24.7 Å². The Bertz CT molecular complexity index is 2010.